The fraction of sp³-hybridized carbons (Fsp3) is 0.625. The van der Waals surface area contributed by atoms with Crippen LogP contribution in [-0.4, -0.2) is 49.2 Å². The number of nitrogens with two attached hydrogens (primary N) is 1. The summed E-state index contributed by atoms with van der Waals surface area (Å²) in [5.41, 5.74) is 5.96. The van der Waals surface area contributed by atoms with Crippen LogP contribution >= 0.6 is 0 Å². The molecule has 1 aromatic rings. The van der Waals surface area contributed by atoms with Gasteiger partial charge in [-0.2, -0.15) is 9.40 Å². The fourth-order valence-corrected chi connectivity index (χ4v) is 3.11. The van der Waals surface area contributed by atoms with Gasteiger partial charge in [0, 0.05) is 25.2 Å². The molecule has 1 aromatic heterocycles. The lowest BCUT2D eigenvalue weighted by atomic mass is 10.4. The molecule has 8 heteroatoms. The Morgan fingerprint density at radius 2 is 2.19 bits per heavy atom. The minimum atomic E-state index is -3.51. The molecule has 1 aliphatic heterocycles. The third-order valence-electron chi connectivity index (χ3n) is 2.47. The minimum absolute atomic E-state index is 0.0944. The normalized spacial score (nSPS) is 18.8. The van der Waals surface area contributed by atoms with Gasteiger partial charge in [-0.1, -0.05) is 0 Å². The summed E-state index contributed by atoms with van der Waals surface area (Å²) in [6, 6.07) is 0. The van der Waals surface area contributed by atoms with Crippen LogP contribution in [0.15, 0.2) is 11.2 Å². The van der Waals surface area contributed by atoms with Gasteiger partial charge in [0.25, 0.3) is 10.0 Å². The molecule has 0 radical (unpaired) electrons. The van der Waals surface area contributed by atoms with Crippen LogP contribution in [-0.2, 0) is 21.3 Å². The predicted molar refractivity (Wildman–Crippen MR) is 56.1 cm³/mol. The van der Waals surface area contributed by atoms with E-state index in [0.29, 0.717) is 31.9 Å². The van der Waals surface area contributed by atoms with Crippen molar-refractivity contribution in [3.05, 3.63) is 11.8 Å². The van der Waals surface area contributed by atoms with E-state index in [1.807, 2.05) is 0 Å². The van der Waals surface area contributed by atoms with Crippen LogP contribution in [0.4, 0.5) is 0 Å². The predicted octanol–water partition coefficient (Wildman–Crippen LogP) is -1.11. The highest BCUT2D eigenvalue weighted by molar-refractivity contribution is 7.89. The molecule has 2 heterocycles. The second kappa shape index (κ2) is 4.50. The number of hydrogen-bond acceptors (Lipinski definition) is 5. The summed E-state index contributed by atoms with van der Waals surface area (Å²) < 4.78 is 30.8. The van der Waals surface area contributed by atoms with Gasteiger partial charge in [-0.25, -0.2) is 8.42 Å². The van der Waals surface area contributed by atoms with Crippen molar-refractivity contribution in [3.8, 4) is 0 Å². The summed E-state index contributed by atoms with van der Waals surface area (Å²) in [5.74, 6) is 0. The number of ether oxygens (including phenoxy) is 1. The van der Waals surface area contributed by atoms with Crippen molar-refractivity contribution in [2.75, 3.05) is 26.3 Å². The average Bonchev–Trinajstić information content (AvgIpc) is 2.79. The quantitative estimate of drug-likeness (QED) is 0.704. The molecule has 16 heavy (non-hydrogen) atoms. The summed E-state index contributed by atoms with van der Waals surface area (Å²) in [4.78, 5) is 0. The third kappa shape index (κ3) is 1.96. The molecule has 1 aliphatic rings. The molecule has 0 unspecified atom stereocenters. The smallest absolute Gasteiger partial charge is 0.260 e. The first-order valence-electron chi connectivity index (χ1n) is 4.96. The SMILES string of the molecule is NCc1cn[nH]c1S(=O)(=O)N1CCOCC1. The van der Waals surface area contributed by atoms with Crippen LogP contribution in [0.2, 0.25) is 0 Å². The van der Waals surface area contributed by atoms with Crippen molar-refractivity contribution in [2.24, 2.45) is 5.73 Å². The van der Waals surface area contributed by atoms with E-state index >= 15 is 0 Å². The van der Waals surface area contributed by atoms with Crippen LogP contribution in [0.3, 0.4) is 0 Å². The molecule has 0 amide bonds. The maximum atomic E-state index is 12.2. The molecular weight excluding hydrogens is 232 g/mol. The monoisotopic (exact) mass is 246 g/mol. The van der Waals surface area contributed by atoms with Gasteiger partial charge < -0.3 is 10.5 Å². The summed E-state index contributed by atoms with van der Waals surface area (Å²) in [6.07, 6.45) is 1.44. The number of aromatic amines is 1. The van der Waals surface area contributed by atoms with Gasteiger partial charge in [0.2, 0.25) is 0 Å². The molecular formula is C8H14N4O3S. The van der Waals surface area contributed by atoms with Gasteiger partial charge in [-0.3, -0.25) is 5.10 Å². The first kappa shape index (κ1) is 11.5. The Morgan fingerprint density at radius 3 is 2.81 bits per heavy atom. The van der Waals surface area contributed by atoms with Gasteiger partial charge >= 0.3 is 0 Å². The molecule has 1 saturated heterocycles. The van der Waals surface area contributed by atoms with Crippen molar-refractivity contribution in [2.45, 2.75) is 11.6 Å². The number of hydrogen-bond donors (Lipinski definition) is 2. The van der Waals surface area contributed by atoms with E-state index < -0.39 is 10.0 Å². The molecule has 0 saturated carbocycles. The van der Waals surface area contributed by atoms with Crippen molar-refractivity contribution in [1.82, 2.24) is 14.5 Å². The van der Waals surface area contributed by atoms with E-state index in [-0.39, 0.29) is 11.6 Å². The van der Waals surface area contributed by atoms with E-state index in [4.69, 9.17) is 10.5 Å². The van der Waals surface area contributed by atoms with Crippen LogP contribution in [0.25, 0.3) is 0 Å². The maximum absolute atomic E-state index is 12.2. The number of nitrogens with zero attached hydrogens (tertiary/aromatic N) is 2. The standard InChI is InChI=1S/C8H14N4O3S/c9-5-7-6-10-11-8(7)16(13,14)12-1-3-15-4-2-12/h6H,1-5,9H2,(H,10,11). The van der Waals surface area contributed by atoms with Crippen molar-refractivity contribution < 1.29 is 13.2 Å². The molecule has 0 aliphatic carbocycles. The Bertz CT molecular complexity index is 450. The topological polar surface area (TPSA) is 101 Å². The van der Waals surface area contributed by atoms with E-state index in [1.165, 1.54) is 10.5 Å². The number of aromatic nitrogens is 2. The summed E-state index contributed by atoms with van der Waals surface area (Å²) in [6.45, 7) is 1.72. The summed E-state index contributed by atoms with van der Waals surface area (Å²) >= 11 is 0. The van der Waals surface area contributed by atoms with Crippen LogP contribution < -0.4 is 5.73 Å². The van der Waals surface area contributed by atoms with Crippen molar-refractivity contribution in [1.29, 1.82) is 0 Å². The Kier molecular flexibility index (Phi) is 3.24. The van der Waals surface area contributed by atoms with Crippen molar-refractivity contribution in [3.63, 3.8) is 0 Å². The van der Waals surface area contributed by atoms with Gasteiger partial charge in [0.15, 0.2) is 5.03 Å². The van der Waals surface area contributed by atoms with Gasteiger partial charge in [0.1, 0.15) is 0 Å². The van der Waals surface area contributed by atoms with E-state index in [1.54, 1.807) is 0 Å². The highest BCUT2D eigenvalue weighted by Gasteiger charge is 2.29. The molecule has 7 nitrogen and oxygen atoms in total. The maximum Gasteiger partial charge on any atom is 0.260 e. The second-order valence-corrected chi connectivity index (χ2v) is 5.32. The lowest BCUT2D eigenvalue weighted by Crippen LogP contribution is -2.41. The molecule has 1 fully saturated rings. The molecule has 90 valence electrons. The number of H-pyrrole nitrogens is 1. The summed E-state index contributed by atoms with van der Waals surface area (Å²) in [5, 5.41) is 6.30. The lowest BCUT2D eigenvalue weighted by molar-refractivity contribution is 0.0729. The molecule has 2 rings (SSSR count). The lowest BCUT2D eigenvalue weighted by Gasteiger charge is -2.25. The van der Waals surface area contributed by atoms with E-state index in [2.05, 4.69) is 10.2 Å². The number of nitrogens with one attached hydrogen (secondary N) is 1. The molecule has 0 atom stereocenters. The number of rotatable bonds is 3. The van der Waals surface area contributed by atoms with Gasteiger partial charge in [0.05, 0.1) is 19.4 Å². The Balaban J connectivity index is 2.30. The van der Waals surface area contributed by atoms with Crippen LogP contribution in [0.1, 0.15) is 5.56 Å². The fourth-order valence-electron chi connectivity index (χ4n) is 1.58. The Labute approximate surface area is 93.6 Å². The van der Waals surface area contributed by atoms with Gasteiger partial charge in [-0.15, -0.1) is 0 Å². The first-order chi connectivity index (χ1) is 7.66. The zero-order chi connectivity index (χ0) is 11.6. The molecule has 3 N–H and O–H groups in total. The van der Waals surface area contributed by atoms with E-state index in [0.717, 1.165) is 0 Å². The number of sulfonamides is 1. The Hall–Kier alpha value is -0.960. The molecule has 0 spiro atoms. The molecule has 0 aromatic carbocycles. The minimum Gasteiger partial charge on any atom is -0.379 e. The average molecular weight is 246 g/mol. The second-order valence-electron chi connectivity index (χ2n) is 3.44. The zero-order valence-corrected chi connectivity index (χ0v) is 9.53. The summed E-state index contributed by atoms with van der Waals surface area (Å²) in [7, 11) is -3.51. The zero-order valence-electron chi connectivity index (χ0n) is 8.72. The highest BCUT2D eigenvalue weighted by Crippen LogP contribution is 2.17. The first-order valence-corrected chi connectivity index (χ1v) is 6.40. The van der Waals surface area contributed by atoms with Crippen molar-refractivity contribution >= 4 is 10.0 Å². The molecule has 0 bridgehead atoms. The largest absolute Gasteiger partial charge is 0.379 e. The highest BCUT2D eigenvalue weighted by atomic mass is 32.2. The Morgan fingerprint density at radius 1 is 1.50 bits per heavy atom. The number of morpholine rings is 1. The van der Waals surface area contributed by atoms with E-state index in [9.17, 15) is 8.42 Å². The van der Waals surface area contributed by atoms with Crippen LogP contribution in [0, 0.1) is 0 Å². The third-order valence-corrected chi connectivity index (χ3v) is 4.38. The van der Waals surface area contributed by atoms with Gasteiger partial charge in [-0.05, 0) is 0 Å². The van der Waals surface area contributed by atoms with Crippen LogP contribution in [0.5, 0.6) is 0 Å².